The van der Waals surface area contributed by atoms with E-state index < -0.39 is 5.97 Å². The van der Waals surface area contributed by atoms with Gasteiger partial charge in [-0.3, -0.25) is 4.79 Å². The molecule has 2 fully saturated rings. The van der Waals surface area contributed by atoms with Crippen LogP contribution in [-0.4, -0.2) is 58.7 Å². The minimum atomic E-state index is -0.708. The Morgan fingerprint density at radius 1 is 1.24 bits per heavy atom. The van der Waals surface area contributed by atoms with E-state index in [0.717, 1.165) is 56.5 Å². The first-order valence-corrected chi connectivity index (χ1v) is 12.4. The molecule has 0 aliphatic carbocycles. The maximum absolute atomic E-state index is 10.8. The highest BCUT2D eigenvalue weighted by Gasteiger charge is 2.36. The first kappa shape index (κ1) is 24.0. The lowest BCUT2D eigenvalue weighted by molar-refractivity contribution is -0.137. The molecule has 1 aromatic heterocycles. The standard InChI is InChI=1S/C24H31Cl2N5O2/c1-16(20-7-6-19(25)12-21(20)26)28-22-8-9-27-24(29-22)31-14-18(15-31)17-4-2-10-30(13-17)11-3-5-23(32)33/h6-9,12,16-18H,2-5,10-11,13-15H2,1H3,(H,32,33)(H,27,28,29)/t16-,17-/m1/s1. The number of aromatic nitrogens is 2. The molecular formula is C24H31Cl2N5O2. The molecule has 9 heteroatoms. The number of carboxylic acid groups (broad SMARTS) is 1. The zero-order valence-corrected chi connectivity index (χ0v) is 20.4. The van der Waals surface area contributed by atoms with Gasteiger partial charge in [-0.15, -0.1) is 0 Å². The number of benzene rings is 1. The third-order valence-electron chi connectivity index (χ3n) is 6.70. The summed E-state index contributed by atoms with van der Waals surface area (Å²) in [4.78, 5) is 24.7. The van der Waals surface area contributed by atoms with Gasteiger partial charge in [-0.2, -0.15) is 4.98 Å². The largest absolute Gasteiger partial charge is 0.481 e. The van der Waals surface area contributed by atoms with Crippen LogP contribution in [0.25, 0.3) is 0 Å². The van der Waals surface area contributed by atoms with E-state index in [4.69, 9.17) is 33.3 Å². The van der Waals surface area contributed by atoms with Crippen LogP contribution < -0.4 is 10.2 Å². The molecule has 0 bridgehead atoms. The molecule has 7 nitrogen and oxygen atoms in total. The molecule has 0 saturated carbocycles. The average Bonchev–Trinajstić information content (AvgIpc) is 2.73. The summed E-state index contributed by atoms with van der Waals surface area (Å²) in [6.07, 6.45) is 5.21. The Hall–Kier alpha value is -2.09. The fourth-order valence-electron chi connectivity index (χ4n) is 4.84. The summed E-state index contributed by atoms with van der Waals surface area (Å²) in [6.45, 7) is 7.01. The zero-order chi connectivity index (χ0) is 23.4. The summed E-state index contributed by atoms with van der Waals surface area (Å²) in [7, 11) is 0. The van der Waals surface area contributed by atoms with E-state index >= 15 is 0 Å². The second-order valence-electron chi connectivity index (χ2n) is 9.14. The van der Waals surface area contributed by atoms with E-state index in [2.05, 4.69) is 20.1 Å². The van der Waals surface area contributed by atoms with Crippen LogP contribution in [0.3, 0.4) is 0 Å². The monoisotopic (exact) mass is 491 g/mol. The van der Waals surface area contributed by atoms with Crippen molar-refractivity contribution in [2.24, 2.45) is 11.8 Å². The van der Waals surface area contributed by atoms with Gasteiger partial charge in [0.05, 0.1) is 6.04 Å². The summed E-state index contributed by atoms with van der Waals surface area (Å²) < 4.78 is 0. The predicted molar refractivity (Wildman–Crippen MR) is 132 cm³/mol. The number of carboxylic acids is 1. The molecule has 2 aromatic rings. The summed E-state index contributed by atoms with van der Waals surface area (Å²) in [6, 6.07) is 7.37. The molecular weight excluding hydrogens is 461 g/mol. The molecule has 2 N–H and O–H groups in total. The maximum Gasteiger partial charge on any atom is 0.303 e. The highest BCUT2D eigenvalue weighted by molar-refractivity contribution is 6.35. The lowest BCUT2D eigenvalue weighted by Gasteiger charge is -2.46. The van der Waals surface area contributed by atoms with Crippen LogP contribution in [0.2, 0.25) is 10.0 Å². The Labute approximate surface area is 205 Å². The fourth-order valence-corrected chi connectivity index (χ4v) is 5.41. The van der Waals surface area contributed by atoms with Crippen molar-refractivity contribution in [1.82, 2.24) is 14.9 Å². The predicted octanol–water partition coefficient (Wildman–Crippen LogP) is 4.97. The number of anilines is 2. The van der Waals surface area contributed by atoms with Crippen LogP contribution >= 0.6 is 23.2 Å². The first-order valence-electron chi connectivity index (χ1n) is 11.6. The Kier molecular flexibility index (Phi) is 7.94. The minimum absolute atomic E-state index is 0.0176. The number of nitrogens with zero attached hydrogens (tertiary/aromatic N) is 4. The molecule has 0 amide bonds. The van der Waals surface area contributed by atoms with Crippen molar-refractivity contribution in [1.29, 1.82) is 0 Å². The molecule has 4 rings (SSSR count). The number of hydrogen-bond acceptors (Lipinski definition) is 6. The number of carbonyl (C=O) groups is 1. The van der Waals surface area contributed by atoms with E-state index in [1.807, 2.05) is 25.1 Å². The van der Waals surface area contributed by atoms with E-state index in [-0.39, 0.29) is 12.5 Å². The Balaban J connectivity index is 1.29. The van der Waals surface area contributed by atoms with Crippen LogP contribution in [0, 0.1) is 11.8 Å². The molecule has 33 heavy (non-hydrogen) atoms. The van der Waals surface area contributed by atoms with Crippen LogP contribution in [0.5, 0.6) is 0 Å². The summed E-state index contributed by atoms with van der Waals surface area (Å²) in [5.74, 6) is 2.11. The van der Waals surface area contributed by atoms with Crippen LogP contribution in [0.15, 0.2) is 30.5 Å². The van der Waals surface area contributed by atoms with Crippen LogP contribution in [0.1, 0.15) is 44.2 Å². The number of aliphatic carboxylic acids is 1. The molecule has 2 saturated heterocycles. The maximum atomic E-state index is 10.8. The molecule has 2 aliphatic heterocycles. The number of rotatable bonds is 9. The van der Waals surface area contributed by atoms with Gasteiger partial charge >= 0.3 is 5.97 Å². The lowest BCUT2D eigenvalue weighted by Crippen LogP contribution is -2.54. The van der Waals surface area contributed by atoms with Crippen molar-refractivity contribution < 1.29 is 9.90 Å². The molecule has 178 valence electrons. The number of hydrogen-bond donors (Lipinski definition) is 2. The zero-order valence-electron chi connectivity index (χ0n) is 18.9. The van der Waals surface area contributed by atoms with E-state index in [9.17, 15) is 4.79 Å². The van der Waals surface area contributed by atoms with Gasteiger partial charge in [-0.05, 0) is 74.9 Å². The Morgan fingerprint density at radius 3 is 2.82 bits per heavy atom. The Morgan fingerprint density at radius 2 is 2.06 bits per heavy atom. The number of piperidine rings is 1. The van der Waals surface area contributed by atoms with Crippen molar-refractivity contribution in [2.75, 3.05) is 42.9 Å². The minimum Gasteiger partial charge on any atom is -0.481 e. The van der Waals surface area contributed by atoms with Crippen molar-refractivity contribution in [3.05, 3.63) is 46.1 Å². The molecule has 3 heterocycles. The van der Waals surface area contributed by atoms with E-state index in [1.165, 1.54) is 12.8 Å². The van der Waals surface area contributed by atoms with Gasteiger partial charge in [0.1, 0.15) is 5.82 Å². The van der Waals surface area contributed by atoms with Gasteiger partial charge in [0.2, 0.25) is 5.95 Å². The van der Waals surface area contributed by atoms with Gasteiger partial charge in [-0.25, -0.2) is 4.98 Å². The third kappa shape index (κ3) is 6.28. The number of likely N-dealkylation sites (tertiary alicyclic amines) is 1. The SMILES string of the molecule is C[C@@H](Nc1ccnc(N2CC([C@@H]3CCCN(CCCC(=O)O)C3)C2)n1)c1ccc(Cl)cc1Cl. The lowest BCUT2D eigenvalue weighted by atomic mass is 9.80. The molecule has 0 spiro atoms. The summed E-state index contributed by atoms with van der Waals surface area (Å²) in [5.41, 5.74) is 0.968. The van der Waals surface area contributed by atoms with Gasteiger partial charge < -0.3 is 20.2 Å². The number of halogens is 2. The van der Waals surface area contributed by atoms with Crippen molar-refractivity contribution in [2.45, 2.75) is 38.6 Å². The fraction of sp³-hybridized carbons (Fsp3) is 0.542. The van der Waals surface area contributed by atoms with Gasteiger partial charge in [0.15, 0.2) is 0 Å². The van der Waals surface area contributed by atoms with Crippen LogP contribution in [-0.2, 0) is 4.79 Å². The van der Waals surface area contributed by atoms with E-state index in [0.29, 0.717) is 21.9 Å². The van der Waals surface area contributed by atoms with Crippen LogP contribution in [0.4, 0.5) is 11.8 Å². The second kappa shape index (κ2) is 10.9. The normalized spacial score (nSPS) is 20.3. The Bertz CT molecular complexity index is 970. The third-order valence-corrected chi connectivity index (χ3v) is 7.26. The highest BCUT2D eigenvalue weighted by atomic mass is 35.5. The molecule has 2 aliphatic rings. The number of nitrogens with one attached hydrogen (secondary N) is 1. The second-order valence-corrected chi connectivity index (χ2v) is 9.98. The van der Waals surface area contributed by atoms with Gasteiger partial charge in [0, 0.05) is 42.3 Å². The first-order chi connectivity index (χ1) is 15.9. The summed E-state index contributed by atoms with van der Waals surface area (Å²) >= 11 is 12.4. The van der Waals surface area contributed by atoms with Crippen molar-refractivity contribution in [3.8, 4) is 0 Å². The van der Waals surface area contributed by atoms with Crippen molar-refractivity contribution >= 4 is 40.9 Å². The molecule has 1 aromatic carbocycles. The quantitative estimate of drug-likeness (QED) is 0.512. The van der Waals surface area contributed by atoms with Crippen molar-refractivity contribution in [3.63, 3.8) is 0 Å². The average molecular weight is 492 g/mol. The van der Waals surface area contributed by atoms with Gasteiger partial charge in [0.25, 0.3) is 0 Å². The summed E-state index contributed by atoms with van der Waals surface area (Å²) in [5, 5.41) is 13.5. The molecule has 2 atom stereocenters. The van der Waals surface area contributed by atoms with Gasteiger partial charge in [-0.1, -0.05) is 29.3 Å². The molecule has 0 unspecified atom stereocenters. The highest BCUT2D eigenvalue weighted by Crippen LogP contribution is 2.33. The topological polar surface area (TPSA) is 81.6 Å². The smallest absolute Gasteiger partial charge is 0.303 e. The molecule has 0 radical (unpaired) electrons. The van der Waals surface area contributed by atoms with E-state index in [1.54, 1.807) is 12.3 Å².